The monoisotopic (exact) mass is 287 g/mol. The van der Waals surface area contributed by atoms with E-state index in [9.17, 15) is 20.2 Å². The molecule has 0 saturated heterocycles. The van der Waals surface area contributed by atoms with Crippen LogP contribution >= 0.6 is 0 Å². The number of amides is 1. The van der Waals surface area contributed by atoms with Gasteiger partial charge in [0.05, 0.1) is 11.0 Å². The second-order valence-corrected chi connectivity index (χ2v) is 5.87. The van der Waals surface area contributed by atoms with Crippen LogP contribution in [-0.2, 0) is 4.79 Å². The van der Waals surface area contributed by atoms with Gasteiger partial charge in [-0.3, -0.25) is 14.9 Å². The molecule has 6 heteroatoms. The molecular formula is C15H17N3O3. The van der Waals surface area contributed by atoms with Crippen LogP contribution < -0.4 is 5.32 Å². The molecule has 0 heterocycles. The molecule has 0 bridgehead atoms. The fraction of sp³-hybridized carbons (Fsp3) is 0.467. The maximum Gasteiger partial charge on any atom is 0.272 e. The zero-order valence-corrected chi connectivity index (χ0v) is 12.3. The minimum atomic E-state index is -0.957. The Balaban J connectivity index is 2.25. The Labute approximate surface area is 122 Å². The fourth-order valence-electron chi connectivity index (χ4n) is 2.83. The molecule has 1 aromatic carbocycles. The highest BCUT2D eigenvalue weighted by Gasteiger charge is 2.49. The topological polar surface area (TPSA) is 96.0 Å². The Morgan fingerprint density at radius 3 is 2.52 bits per heavy atom. The largest absolute Gasteiger partial charge is 0.324 e. The molecule has 0 spiro atoms. The van der Waals surface area contributed by atoms with Crippen molar-refractivity contribution in [1.82, 2.24) is 0 Å². The van der Waals surface area contributed by atoms with Gasteiger partial charge in [0.25, 0.3) is 5.69 Å². The average Bonchev–Trinajstić information content (AvgIpc) is 2.38. The minimum Gasteiger partial charge on any atom is -0.324 e. The number of anilines is 1. The molecule has 2 rings (SSSR count). The quantitative estimate of drug-likeness (QED) is 0.682. The second-order valence-electron chi connectivity index (χ2n) is 5.87. The van der Waals surface area contributed by atoms with E-state index in [4.69, 9.17) is 0 Å². The van der Waals surface area contributed by atoms with Gasteiger partial charge in [0.15, 0.2) is 0 Å². The van der Waals surface area contributed by atoms with Gasteiger partial charge in [-0.2, -0.15) is 5.26 Å². The molecule has 1 saturated carbocycles. The van der Waals surface area contributed by atoms with Crippen LogP contribution in [-0.4, -0.2) is 10.8 Å². The summed E-state index contributed by atoms with van der Waals surface area (Å²) in [5.74, 6) is 0.0505. The van der Waals surface area contributed by atoms with Crippen molar-refractivity contribution in [2.75, 3.05) is 5.32 Å². The predicted molar refractivity (Wildman–Crippen MR) is 77.6 cm³/mol. The predicted octanol–water partition coefficient (Wildman–Crippen LogP) is 3.09. The number of hydrogen-bond acceptors (Lipinski definition) is 4. The van der Waals surface area contributed by atoms with Crippen LogP contribution in [0.5, 0.6) is 0 Å². The number of carbonyl (C=O) groups excluding carboxylic acids is 1. The summed E-state index contributed by atoms with van der Waals surface area (Å²) in [7, 11) is 0. The summed E-state index contributed by atoms with van der Waals surface area (Å²) < 4.78 is 0. The molecule has 0 radical (unpaired) electrons. The summed E-state index contributed by atoms with van der Waals surface area (Å²) >= 11 is 0. The van der Waals surface area contributed by atoms with Gasteiger partial charge in [-0.15, -0.1) is 0 Å². The third-order valence-electron chi connectivity index (χ3n) is 4.03. The molecule has 6 nitrogen and oxygen atoms in total. The van der Waals surface area contributed by atoms with E-state index in [1.807, 2.05) is 6.92 Å². The molecule has 1 amide bonds. The van der Waals surface area contributed by atoms with Crippen molar-refractivity contribution < 1.29 is 9.72 Å². The van der Waals surface area contributed by atoms with Crippen molar-refractivity contribution in [3.63, 3.8) is 0 Å². The molecule has 1 aromatic rings. The van der Waals surface area contributed by atoms with Crippen molar-refractivity contribution in [2.45, 2.75) is 33.6 Å². The Hall–Kier alpha value is -2.42. The number of nitriles is 1. The first-order valence-corrected chi connectivity index (χ1v) is 6.77. The highest BCUT2D eigenvalue weighted by Crippen LogP contribution is 2.45. The van der Waals surface area contributed by atoms with E-state index in [0.717, 1.165) is 0 Å². The molecule has 0 atom stereocenters. The summed E-state index contributed by atoms with van der Waals surface area (Å²) in [5.41, 5.74) is 0.687. The van der Waals surface area contributed by atoms with E-state index in [2.05, 4.69) is 11.4 Å². The Morgan fingerprint density at radius 2 is 2.05 bits per heavy atom. The zero-order chi connectivity index (χ0) is 15.8. The number of carbonyl (C=O) groups is 1. The lowest BCUT2D eigenvalue weighted by Crippen LogP contribution is -2.45. The Kier molecular flexibility index (Phi) is 3.69. The maximum absolute atomic E-state index is 12.3. The van der Waals surface area contributed by atoms with E-state index in [0.29, 0.717) is 35.6 Å². The molecule has 110 valence electrons. The van der Waals surface area contributed by atoms with Crippen LogP contribution in [0.1, 0.15) is 30.9 Å². The fourth-order valence-corrected chi connectivity index (χ4v) is 2.83. The van der Waals surface area contributed by atoms with Gasteiger partial charge >= 0.3 is 0 Å². The second kappa shape index (κ2) is 5.17. The van der Waals surface area contributed by atoms with E-state index in [-0.39, 0.29) is 11.6 Å². The summed E-state index contributed by atoms with van der Waals surface area (Å²) in [6.07, 6.45) is 1.11. The van der Waals surface area contributed by atoms with Crippen molar-refractivity contribution in [3.8, 4) is 6.07 Å². The van der Waals surface area contributed by atoms with Crippen LogP contribution in [0.4, 0.5) is 11.4 Å². The smallest absolute Gasteiger partial charge is 0.272 e. The zero-order valence-electron chi connectivity index (χ0n) is 12.3. The lowest BCUT2D eigenvalue weighted by atomic mass is 9.63. The highest BCUT2D eigenvalue weighted by atomic mass is 16.6. The molecule has 1 aliphatic carbocycles. The van der Waals surface area contributed by atoms with E-state index >= 15 is 0 Å². The first-order chi connectivity index (χ1) is 9.79. The molecule has 0 aliphatic heterocycles. The van der Waals surface area contributed by atoms with Crippen molar-refractivity contribution in [3.05, 3.63) is 33.4 Å². The van der Waals surface area contributed by atoms with Crippen LogP contribution in [0.25, 0.3) is 0 Å². The van der Waals surface area contributed by atoms with Crippen LogP contribution in [0.3, 0.4) is 0 Å². The molecule has 1 aliphatic rings. The lowest BCUT2D eigenvalue weighted by molar-refractivity contribution is -0.385. The van der Waals surface area contributed by atoms with E-state index in [1.54, 1.807) is 19.9 Å². The summed E-state index contributed by atoms with van der Waals surface area (Å²) in [4.78, 5) is 22.7. The molecule has 0 unspecified atom stereocenters. The van der Waals surface area contributed by atoms with Crippen molar-refractivity contribution >= 4 is 17.3 Å². The molecule has 1 fully saturated rings. The van der Waals surface area contributed by atoms with Gasteiger partial charge in [-0.1, -0.05) is 6.92 Å². The van der Waals surface area contributed by atoms with Crippen molar-refractivity contribution in [1.29, 1.82) is 5.26 Å². The number of nitrogens with one attached hydrogen (secondary N) is 1. The summed E-state index contributed by atoms with van der Waals surface area (Å²) in [5, 5.41) is 22.9. The minimum absolute atomic E-state index is 0.0257. The number of nitro groups is 1. The number of hydrogen-bond donors (Lipinski definition) is 1. The first-order valence-electron chi connectivity index (χ1n) is 6.77. The van der Waals surface area contributed by atoms with E-state index < -0.39 is 10.3 Å². The van der Waals surface area contributed by atoms with Crippen LogP contribution in [0.2, 0.25) is 0 Å². The Bertz CT molecular complexity index is 655. The van der Waals surface area contributed by atoms with Gasteiger partial charge in [0.2, 0.25) is 5.91 Å². The lowest BCUT2D eigenvalue weighted by Gasteiger charge is -2.39. The number of nitrogens with zero attached hydrogens (tertiary/aromatic N) is 2. The van der Waals surface area contributed by atoms with E-state index in [1.165, 1.54) is 6.07 Å². The molecule has 1 N–H and O–H groups in total. The van der Waals surface area contributed by atoms with Crippen LogP contribution in [0.15, 0.2) is 12.1 Å². The number of aryl methyl sites for hydroxylation is 2. The third kappa shape index (κ3) is 2.59. The standard InChI is InChI=1S/C15H17N3O3/c1-9-6-15(7-9,8-16)14(19)17-12-4-11(3)13(18(20)21)5-10(12)2/h4-5,9H,6-7H2,1-3H3,(H,17,19). The number of benzene rings is 1. The maximum atomic E-state index is 12.3. The highest BCUT2D eigenvalue weighted by molar-refractivity contribution is 5.98. The SMILES string of the molecule is Cc1cc([N+](=O)[O-])c(C)cc1NC(=O)C1(C#N)CC(C)C1. The summed E-state index contributed by atoms with van der Waals surface area (Å²) in [6.45, 7) is 5.33. The van der Waals surface area contributed by atoms with Crippen molar-refractivity contribution in [2.24, 2.45) is 11.3 Å². The van der Waals surface area contributed by atoms with Gasteiger partial charge in [-0.05, 0) is 44.2 Å². The van der Waals surface area contributed by atoms with Gasteiger partial charge in [0.1, 0.15) is 5.41 Å². The number of nitro benzene ring substituents is 1. The Morgan fingerprint density at radius 1 is 1.43 bits per heavy atom. The molecular weight excluding hydrogens is 270 g/mol. The van der Waals surface area contributed by atoms with Gasteiger partial charge in [0, 0.05) is 17.3 Å². The van der Waals surface area contributed by atoms with Gasteiger partial charge < -0.3 is 5.32 Å². The normalized spacial score (nSPS) is 23.8. The van der Waals surface area contributed by atoms with Gasteiger partial charge in [-0.25, -0.2) is 0 Å². The number of rotatable bonds is 3. The molecule has 21 heavy (non-hydrogen) atoms. The average molecular weight is 287 g/mol. The molecule has 0 aromatic heterocycles. The summed E-state index contributed by atoms with van der Waals surface area (Å²) in [6, 6.07) is 5.13. The first kappa shape index (κ1) is 15.0. The van der Waals surface area contributed by atoms with Crippen LogP contribution in [0, 0.1) is 46.6 Å². The third-order valence-corrected chi connectivity index (χ3v) is 4.03.